The van der Waals surface area contributed by atoms with Crippen LogP contribution >= 0.6 is 0 Å². The molecule has 0 bridgehead atoms. The van der Waals surface area contributed by atoms with Gasteiger partial charge >= 0.3 is 0 Å². The van der Waals surface area contributed by atoms with Gasteiger partial charge in [0.05, 0.1) is 12.7 Å². The Bertz CT molecular complexity index is 377. The smallest absolute Gasteiger partial charge is 0.220 e. The Balaban J connectivity index is 2.45. The maximum absolute atomic E-state index is 11.5. The van der Waals surface area contributed by atoms with Crippen LogP contribution in [0.3, 0.4) is 0 Å². The highest BCUT2D eigenvalue weighted by molar-refractivity contribution is 5.76. The van der Waals surface area contributed by atoms with Crippen molar-refractivity contribution in [1.82, 2.24) is 5.32 Å². The van der Waals surface area contributed by atoms with E-state index in [1.807, 2.05) is 31.2 Å². The lowest BCUT2D eigenvalue weighted by Crippen LogP contribution is -2.30. The van der Waals surface area contributed by atoms with Crippen LogP contribution in [0.1, 0.15) is 25.8 Å². The Kier molecular flexibility index (Phi) is 6.22. The summed E-state index contributed by atoms with van der Waals surface area (Å²) in [6.45, 7) is 4.49. The molecule has 1 amide bonds. The van der Waals surface area contributed by atoms with Gasteiger partial charge in [-0.1, -0.05) is 18.2 Å². The average Bonchev–Trinajstić information content (AvgIpc) is 2.35. The number of nitrogens with one attached hydrogen (secondary N) is 1. The zero-order chi connectivity index (χ0) is 13.4. The highest BCUT2D eigenvalue weighted by atomic mass is 16.5. The summed E-state index contributed by atoms with van der Waals surface area (Å²) in [4.78, 5) is 11.5. The largest absolute Gasteiger partial charge is 0.494 e. The molecule has 0 aliphatic rings. The van der Waals surface area contributed by atoms with Gasteiger partial charge in [0.25, 0.3) is 0 Å². The van der Waals surface area contributed by atoms with Gasteiger partial charge in [0.15, 0.2) is 0 Å². The third-order valence-corrected chi connectivity index (χ3v) is 2.49. The first-order valence-corrected chi connectivity index (χ1v) is 6.29. The van der Waals surface area contributed by atoms with Gasteiger partial charge < -0.3 is 15.2 Å². The summed E-state index contributed by atoms with van der Waals surface area (Å²) in [7, 11) is 0. The summed E-state index contributed by atoms with van der Waals surface area (Å²) in [5, 5.41) is 11.7. The molecule has 0 saturated heterocycles. The van der Waals surface area contributed by atoms with Crippen LogP contribution in [0.25, 0.3) is 0 Å². The molecule has 0 spiro atoms. The van der Waals surface area contributed by atoms with Gasteiger partial charge in [0.1, 0.15) is 5.75 Å². The maximum atomic E-state index is 11.5. The van der Waals surface area contributed by atoms with Crippen LogP contribution in [0, 0.1) is 0 Å². The standard InChI is InChI=1S/C14H21NO3/c1-3-18-13-7-5-4-6-12(13)8-9-14(17)15-10-11(2)16/h4-7,11,16H,3,8-10H2,1-2H3,(H,15,17). The number of hydrogen-bond donors (Lipinski definition) is 2. The first-order valence-electron chi connectivity index (χ1n) is 6.29. The number of carbonyl (C=O) groups is 1. The minimum absolute atomic E-state index is 0.0535. The normalized spacial score (nSPS) is 11.9. The minimum atomic E-state index is -0.510. The van der Waals surface area contributed by atoms with Crippen molar-refractivity contribution in [2.24, 2.45) is 0 Å². The summed E-state index contributed by atoms with van der Waals surface area (Å²) in [5.41, 5.74) is 1.03. The third kappa shape index (κ3) is 5.19. The van der Waals surface area contributed by atoms with Gasteiger partial charge in [-0.15, -0.1) is 0 Å². The number of para-hydroxylation sites is 1. The Hall–Kier alpha value is -1.55. The number of ether oxygens (including phenoxy) is 1. The van der Waals surface area contributed by atoms with Gasteiger partial charge in [-0.3, -0.25) is 4.79 Å². The summed E-state index contributed by atoms with van der Waals surface area (Å²) in [6.07, 6.45) is 0.531. The van der Waals surface area contributed by atoms with Crippen LogP contribution in [0.2, 0.25) is 0 Å². The Labute approximate surface area is 108 Å². The molecule has 0 fully saturated rings. The van der Waals surface area contributed by atoms with E-state index < -0.39 is 6.10 Å². The van der Waals surface area contributed by atoms with E-state index in [9.17, 15) is 4.79 Å². The monoisotopic (exact) mass is 251 g/mol. The highest BCUT2D eigenvalue weighted by Gasteiger charge is 2.07. The molecule has 0 aliphatic carbocycles. The van der Waals surface area contributed by atoms with Crippen LogP contribution in [-0.4, -0.2) is 30.3 Å². The molecule has 2 N–H and O–H groups in total. The summed E-state index contributed by atoms with van der Waals surface area (Å²) in [6, 6.07) is 7.73. The highest BCUT2D eigenvalue weighted by Crippen LogP contribution is 2.19. The first-order chi connectivity index (χ1) is 8.63. The Morgan fingerprint density at radius 2 is 2.17 bits per heavy atom. The number of amides is 1. The number of aliphatic hydroxyl groups excluding tert-OH is 1. The molecular weight excluding hydrogens is 230 g/mol. The lowest BCUT2D eigenvalue weighted by Gasteiger charge is -2.10. The van der Waals surface area contributed by atoms with Crippen molar-refractivity contribution in [3.8, 4) is 5.75 Å². The van der Waals surface area contributed by atoms with Gasteiger partial charge in [-0.25, -0.2) is 0 Å². The number of aryl methyl sites for hydroxylation is 1. The molecule has 0 radical (unpaired) electrons. The number of carbonyl (C=O) groups excluding carboxylic acids is 1. The van der Waals surface area contributed by atoms with E-state index in [0.29, 0.717) is 26.0 Å². The zero-order valence-corrected chi connectivity index (χ0v) is 11.0. The van der Waals surface area contributed by atoms with E-state index in [2.05, 4.69) is 5.32 Å². The zero-order valence-electron chi connectivity index (χ0n) is 11.0. The van der Waals surface area contributed by atoms with Crippen LogP contribution in [-0.2, 0) is 11.2 Å². The second kappa shape index (κ2) is 7.71. The van der Waals surface area contributed by atoms with Crippen LogP contribution in [0.5, 0.6) is 5.75 Å². The minimum Gasteiger partial charge on any atom is -0.494 e. The topological polar surface area (TPSA) is 58.6 Å². The molecule has 1 aromatic rings. The van der Waals surface area contributed by atoms with E-state index in [0.717, 1.165) is 11.3 Å². The lowest BCUT2D eigenvalue weighted by molar-refractivity contribution is -0.121. The first kappa shape index (κ1) is 14.5. The van der Waals surface area contributed by atoms with Gasteiger partial charge in [0, 0.05) is 13.0 Å². The van der Waals surface area contributed by atoms with E-state index in [1.165, 1.54) is 0 Å². The van der Waals surface area contributed by atoms with Crippen molar-refractivity contribution in [3.05, 3.63) is 29.8 Å². The molecule has 1 aromatic carbocycles. The number of benzene rings is 1. The van der Waals surface area contributed by atoms with E-state index in [4.69, 9.17) is 9.84 Å². The third-order valence-electron chi connectivity index (χ3n) is 2.49. The van der Waals surface area contributed by atoms with Gasteiger partial charge in [-0.05, 0) is 31.9 Å². The number of aliphatic hydroxyl groups is 1. The van der Waals surface area contributed by atoms with Crippen LogP contribution in [0.4, 0.5) is 0 Å². The van der Waals surface area contributed by atoms with Crippen molar-refractivity contribution in [2.45, 2.75) is 32.8 Å². The number of hydrogen-bond acceptors (Lipinski definition) is 3. The Morgan fingerprint density at radius 1 is 1.44 bits per heavy atom. The lowest BCUT2D eigenvalue weighted by atomic mass is 10.1. The van der Waals surface area contributed by atoms with Crippen molar-refractivity contribution >= 4 is 5.91 Å². The molecule has 1 atom stereocenters. The number of rotatable bonds is 7. The van der Waals surface area contributed by atoms with E-state index in [-0.39, 0.29) is 5.91 Å². The molecule has 0 aliphatic heterocycles. The Morgan fingerprint density at radius 3 is 2.83 bits per heavy atom. The predicted molar refractivity (Wildman–Crippen MR) is 70.6 cm³/mol. The van der Waals surface area contributed by atoms with Crippen molar-refractivity contribution < 1.29 is 14.6 Å². The molecule has 1 rings (SSSR count). The van der Waals surface area contributed by atoms with E-state index in [1.54, 1.807) is 6.92 Å². The van der Waals surface area contributed by atoms with Crippen LogP contribution < -0.4 is 10.1 Å². The molecule has 18 heavy (non-hydrogen) atoms. The molecule has 4 heteroatoms. The summed E-state index contributed by atoms with van der Waals surface area (Å²) >= 11 is 0. The SMILES string of the molecule is CCOc1ccccc1CCC(=O)NCC(C)O. The average molecular weight is 251 g/mol. The van der Waals surface area contributed by atoms with Crippen LogP contribution in [0.15, 0.2) is 24.3 Å². The second-order valence-corrected chi connectivity index (χ2v) is 4.19. The molecule has 1 unspecified atom stereocenters. The van der Waals surface area contributed by atoms with Gasteiger partial charge in [0.2, 0.25) is 5.91 Å². The van der Waals surface area contributed by atoms with Crippen molar-refractivity contribution in [3.63, 3.8) is 0 Å². The second-order valence-electron chi connectivity index (χ2n) is 4.19. The van der Waals surface area contributed by atoms with Crippen molar-refractivity contribution in [2.75, 3.05) is 13.2 Å². The molecule has 0 saturated carbocycles. The van der Waals surface area contributed by atoms with Crippen molar-refractivity contribution in [1.29, 1.82) is 0 Å². The van der Waals surface area contributed by atoms with Gasteiger partial charge in [-0.2, -0.15) is 0 Å². The predicted octanol–water partition coefficient (Wildman–Crippen LogP) is 1.51. The maximum Gasteiger partial charge on any atom is 0.220 e. The summed E-state index contributed by atoms with van der Waals surface area (Å²) in [5.74, 6) is 0.783. The molecule has 0 heterocycles. The quantitative estimate of drug-likeness (QED) is 0.772. The van der Waals surface area contributed by atoms with E-state index >= 15 is 0 Å². The fourth-order valence-electron chi connectivity index (χ4n) is 1.60. The fraction of sp³-hybridized carbons (Fsp3) is 0.500. The molecule has 100 valence electrons. The fourth-order valence-corrected chi connectivity index (χ4v) is 1.60. The summed E-state index contributed by atoms with van der Waals surface area (Å²) < 4.78 is 5.50. The molecular formula is C14H21NO3. The molecule has 4 nitrogen and oxygen atoms in total. The molecule has 0 aromatic heterocycles.